The predicted molar refractivity (Wildman–Crippen MR) is 62.6 cm³/mol. The number of nitrogens with two attached hydrogens (primary N) is 1. The molecule has 0 bridgehead atoms. The van der Waals surface area contributed by atoms with E-state index >= 15 is 0 Å². The molecule has 1 saturated carbocycles. The van der Waals surface area contributed by atoms with Gasteiger partial charge in [0.2, 0.25) is 5.91 Å². The summed E-state index contributed by atoms with van der Waals surface area (Å²) in [6.45, 7) is -1.24. The summed E-state index contributed by atoms with van der Waals surface area (Å²) in [6, 6.07) is 4.59. The van der Waals surface area contributed by atoms with Gasteiger partial charge in [0.25, 0.3) is 0 Å². The van der Waals surface area contributed by atoms with Gasteiger partial charge in [-0.15, -0.1) is 0 Å². The second-order valence-corrected chi connectivity index (χ2v) is 4.47. The van der Waals surface area contributed by atoms with Gasteiger partial charge < -0.3 is 15.8 Å². The zero-order valence-electron chi connectivity index (χ0n) is 9.87. The van der Waals surface area contributed by atoms with E-state index in [4.69, 9.17) is 5.73 Å². The average molecular weight is 256 g/mol. The quantitative estimate of drug-likeness (QED) is 0.866. The summed E-state index contributed by atoms with van der Waals surface area (Å²) in [5.74, 6) is -0.251. The lowest BCUT2D eigenvalue weighted by Gasteiger charge is -2.13. The Labute approximate surface area is 103 Å². The normalized spacial score (nSPS) is 16.5. The molecule has 1 amide bonds. The molecule has 0 aromatic heterocycles. The minimum absolute atomic E-state index is 0.0460. The number of hydrogen-bond acceptors (Lipinski definition) is 3. The highest BCUT2D eigenvalue weighted by atomic mass is 19.3. The van der Waals surface area contributed by atoms with E-state index in [2.05, 4.69) is 10.1 Å². The lowest BCUT2D eigenvalue weighted by atomic mass is 10.2. The summed E-state index contributed by atoms with van der Waals surface area (Å²) in [7, 11) is 0. The van der Waals surface area contributed by atoms with Crippen LogP contribution in [0.3, 0.4) is 0 Å². The number of amides is 1. The lowest BCUT2D eigenvalue weighted by Crippen LogP contribution is -2.37. The first kappa shape index (κ1) is 12.8. The van der Waals surface area contributed by atoms with Crippen molar-refractivity contribution in [2.45, 2.75) is 31.9 Å². The molecule has 18 heavy (non-hydrogen) atoms. The van der Waals surface area contributed by atoms with Crippen LogP contribution in [0.5, 0.6) is 5.75 Å². The van der Waals surface area contributed by atoms with E-state index in [0.29, 0.717) is 24.1 Å². The van der Waals surface area contributed by atoms with Crippen molar-refractivity contribution in [1.82, 2.24) is 0 Å². The lowest BCUT2D eigenvalue weighted by molar-refractivity contribution is -0.118. The number of carbonyl (C=O) groups excluding carboxylic acids is 1. The Hall–Kier alpha value is -1.69. The largest absolute Gasteiger partial charge is 0.434 e. The van der Waals surface area contributed by atoms with Gasteiger partial charge in [-0.05, 0) is 31.4 Å². The molecule has 1 aliphatic carbocycles. The molecule has 6 heteroatoms. The summed E-state index contributed by atoms with van der Waals surface area (Å²) in [4.78, 5) is 11.7. The molecule has 0 spiro atoms. The summed E-state index contributed by atoms with van der Waals surface area (Å²) >= 11 is 0. The van der Waals surface area contributed by atoms with E-state index in [9.17, 15) is 13.6 Å². The molecule has 1 aromatic carbocycles. The van der Waals surface area contributed by atoms with Crippen LogP contribution < -0.4 is 15.8 Å². The number of nitrogens with one attached hydrogen (secondary N) is 1. The molecule has 1 fully saturated rings. The molecule has 0 radical (unpaired) electrons. The Morgan fingerprint density at radius 2 is 2.17 bits per heavy atom. The fourth-order valence-corrected chi connectivity index (χ4v) is 1.52. The molecule has 0 heterocycles. The van der Waals surface area contributed by atoms with E-state index < -0.39 is 12.2 Å². The van der Waals surface area contributed by atoms with Gasteiger partial charge in [-0.2, -0.15) is 8.78 Å². The molecule has 1 aliphatic rings. The first-order valence-corrected chi connectivity index (χ1v) is 5.56. The van der Waals surface area contributed by atoms with Crippen molar-refractivity contribution in [3.63, 3.8) is 0 Å². The maximum absolute atomic E-state index is 12.2. The van der Waals surface area contributed by atoms with Gasteiger partial charge in [-0.1, -0.05) is 6.07 Å². The monoisotopic (exact) mass is 256 g/mol. The fourth-order valence-electron chi connectivity index (χ4n) is 1.52. The molecule has 0 atom stereocenters. The number of halogens is 2. The Morgan fingerprint density at radius 3 is 2.72 bits per heavy atom. The molecule has 0 saturated heterocycles. The third kappa shape index (κ3) is 2.76. The second-order valence-electron chi connectivity index (χ2n) is 4.47. The van der Waals surface area contributed by atoms with Crippen molar-refractivity contribution in [2.24, 2.45) is 5.73 Å². The molecule has 1 aromatic rings. The van der Waals surface area contributed by atoms with Crippen molar-refractivity contribution in [3.8, 4) is 5.75 Å². The zero-order valence-corrected chi connectivity index (χ0v) is 9.87. The Balaban J connectivity index is 2.11. The number of carbonyl (C=O) groups is 1. The van der Waals surface area contributed by atoms with Crippen LogP contribution in [0.15, 0.2) is 18.2 Å². The standard InChI is InChI=1S/C12H14F2N2O2/c1-7-2-3-8(6-9(7)18-11(13)14)16-10(17)12(15)4-5-12/h2-3,6,11H,4-5,15H2,1H3,(H,16,17). The Bertz CT molecular complexity index is 473. The van der Waals surface area contributed by atoms with Gasteiger partial charge in [0.1, 0.15) is 5.75 Å². The van der Waals surface area contributed by atoms with Crippen molar-refractivity contribution in [2.75, 3.05) is 5.32 Å². The van der Waals surface area contributed by atoms with E-state index in [1.165, 1.54) is 6.07 Å². The fraction of sp³-hybridized carbons (Fsp3) is 0.417. The van der Waals surface area contributed by atoms with Gasteiger partial charge in [0, 0.05) is 11.8 Å². The maximum atomic E-state index is 12.2. The van der Waals surface area contributed by atoms with Crippen LogP contribution in [0.2, 0.25) is 0 Å². The van der Waals surface area contributed by atoms with Gasteiger partial charge in [0.05, 0.1) is 5.54 Å². The Morgan fingerprint density at radius 1 is 1.50 bits per heavy atom. The molecular formula is C12H14F2N2O2. The predicted octanol–water partition coefficient (Wildman–Crippen LogP) is 2.03. The first-order valence-electron chi connectivity index (χ1n) is 5.56. The molecule has 0 aliphatic heterocycles. The molecule has 3 N–H and O–H groups in total. The minimum Gasteiger partial charge on any atom is -0.434 e. The van der Waals surface area contributed by atoms with E-state index in [-0.39, 0.29) is 11.7 Å². The molecular weight excluding hydrogens is 242 g/mol. The summed E-state index contributed by atoms with van der Waals surface area (Å²) in [6.07, 6.45) is 1.29. The van der Waals surface area contributed by atoms with E-state index in [0.717, 1.165) is 0 Å². The molecule has 2 rings (SSSR count). The van der Waals surface area contributed by atoms with Crippen LogP contribution in [0, 0.1) is 6.92 Å². The van der Waals surface area contributed by atoms with Crippen LogP contribution in [0.1, 0.15) is 18.4 Å². The molecule has 98 valence electrons. The number of rotatable bonds is 4. The van der Waals surface area contributed by atoms with Gasteiger partial charge in [-0.3, -0.25) is 4.79 Å². The SMILES string of the molecule is Cc1ccc(NC(=O)C2(N)CC2)cc1OC(F)F. The van der Waals surface area contributed by atoms with E-state index in [1.807, 2.05) is 0 Å². The van der Waals surface area contributed by atoms with Crippen molar-refractivity contribution < 1.29 is 18.3 Å². The summed E-state index contributed by atoms with van der Waals surface area (Å²) in [5.41, 5.74) is 5.90. The number of benzene rings is 1. The highest BCUT2D eigenvalue weighted by molar-refractivity contribution is 6.00. The van der Waals surface area contributed by atoms with Gasteiger partial charge >= 0.3 is 6.61 Å². The second kappa shape index (κ2) is 4.53. The highest BCUT2D eigenvalue weighted by Crippen LogP contribution is 2.34. The van der Waals surface area contributed by atoms with Crippen LogP contribution >= 0.6 is 0 Å². The van der Waals surface area contributed by atoms with Crippen LogP contribution in [0.4, 0.5) is 14.5 Å². The number of hydrogen-bond donors (Lipinski definition) is 2. The number of ether oxygens (including phenoxy) is 1. The molecule has 0 unspecified atom stereocenters. The van der Waals surface area contributed by atoms with Crippen molar-refractivity contribution in [3.05, 3.63) is 23.8 Å². The summed E-state index contributed by atoms with van der Waals surface area (Å²) in [5, 5.41) is 2.60. The first-order chi connectivity index (χ1) is 8.40. The number of alkyl halides is 2. The number of anilines is 1. The summed E-state index contributed by atoms with van der Waals surface area (Å²) < 4.78 is 28.7. The van der Waals surface area contributed by atoms with Gasteiger partial charge in [-0.25, -0.2) is 0 Å². The third-order valence-corrected chi connectivity index (χ3v) is 2.90. The Kier molecular flexibility index (Phi) is 3.21. The van der Waals surface area contributed by atoms with E-state index in [1.54, 1.807) is 19.1 Å². The highest BCUT2D eigenvalue weighted by Gasteiger charge is 2.45. The third-order valence-electron chi connectivity index (χ3n) is 2.90. The van der Waals surface area contributed by atoms with Crippen LogP contribution in [0.25, 0.3) is 0 Å². The van der Waals surface area contributed by atoms with Gasteiger partial charge in [0.15, 0.2) is 0 Å². The smallest absolute Gasteiger partial charge is 0.387 e. The van der Waals surface area contributed by atoms with Crippen molar-refractivity contribution in [1.29, 1.82) is 0 Å². The number of aryl methyl sites for hydroxylation is 1. The molecule has 4 nitrogen and oxygen atoms in total. The average Bonchev–Trinajstić information content (AvgIpc) is 3.02. The van der Waals surface area contributed by atoms with Crippen molar-refractivity contribution >= 4 is 11.6 Å². The zero-order chi connectivity index (χ0) is 13.3. The minimum atomic E-state index is -2.89. The van der Waals surface area contributed by atoms with Crippen LogP contribution in [-0.4, -0.2) is 18.1 Å². The van der Waals surface area contributed by atoms with Crippen LogP contribution in [-0.2, 0) is 4.79 Å². The topological polar surface area (TPSA) is 64.4 Å². The maximum Gasteiger partial charge on any atom is 0.387 e.